The van der Waals surface area contributed by atoms with Crippen LogP contribution in [0.2, 0.25) is 0 Å². The van der Waals surface area contributed by atoms with Gasteiger partial charge in [0.05, 0.1) is 6.04 Å². The first-order valence-electron chi connectivity index (χ1n) is 14.1. The van der Waals surface area contributed by atoms with Crippen LogP contribution in [0.3, 0.4) is 0 Å². The summed E-state index contributed by atoms with van der Waals surface area (Å²) in [6.07, 6.45) is 12.7. The minimum atomic E-state index is -0.00230. The molecule has 36 heavy (non-hydrogen) atoms. The number of benzene rings is 2. The Bertz CT molecular complexity index is 1150. The predicted octanol–water partition coefficient (Wildman–Crippen LogP) is 5.74. The summed E-state index contributed by atoms with van der Waals surface area (Å²) in [5, 5.41) is 0. The minimum Gasteiger partial charge on any atom is -0.311 e. The molecule has 5 nitrogen and oxygen atoms in total. The van der Waals surface area contributed by atoms with Crippen LogP contribution >= 0.6 is 0 Å². The van der Waals surface area contributed by atoms with E-state index in [1.807, 2.05) is 48.3 Å². The lowest BCUT2D eigenvalue weighted by Gasteiger charge is -2.77. The minimum absolute atomic E-state index is 0.00230. The molecule has 3 saturated carbocycles. The third-order valence-corrected chi connectivity index (χ3v) is 10.4. The van der Waals surface area contributed by atoms with Crippen molar-refractivity contribution in [2.75, 3.05) is 23.4 Å². The Morgan fingerprint density at radius 1 is 0.861 bits per heavy atom. The largest absolute Gasteiger partial charge is 0.311 e. The Morgan fingerprint density at radius 2 is 1.53 bits per heavy atom. The van der Waals surface area contributed by atoms with E-state index in [0.29, 0.717) is 23.4 Å². The van der Waals surface area contributed by atoms with Crippen LogP contribution in [-0.4, -0.2) is 48.4 Å². The first-order valence-corrected chi connectivity index (χ1v) is 14.1. The van der Waals surface area contributed by atoms with Gasteiger partial charge >= 0.3 is 0 Å². The van der Waals surface area contributed by atoms with Crippen LogP contribution in [0.4, 0.5) is 11.4 Å². The molecule has 2 saturated heterocycles. The lowest BCUT2D eigenvalue weighted by Crippen LogP contribution is -2.83. The second-order valence-electron chi connectivity index (χ2n) is 11.9. The van der Waals surface area contributed by atoms with Gasteiger partial charge in [0.1, 0.15) is 0 Å². The van der Waals surface area contributed by atoms with E-state index in [0.717, 1.165) is 29.9 Å². The summed E-state index contributed by atoms with van der Waals surface area (Å²) in [4.78, 5) is 32.8. The molecule has 2 aromatic carbocycles. The number of amides is 2. The highest BCUT2D eigenvalue weighted by molar-refractivity contribution is 6.06. The van der Waals surface area contributed by atoms with Gasteiger partial charge in [0.15, 0.2) is 0 Å². The first-order chi connectivity index (χ1) is 17.6. The Kier molecular flexibility index (Phi) is 5.28. The summed E-state index contributed by atoms with van der Waals surface area (Å²) >= 11 is 0. The van der Waals surface area contributed by atoms with Crippen LogP contribution in [-0.2, 0) is 4.79 Å². The molecule has 0 aromatic heterocycles. The van der Waals surface area contributed by atoms with E-state index < -0.39 is 0 Å². The predicted molar refractivity (Wildman–Crippen MR) is 143 cm³/mol. The summed E-state index contributed by atoms with van der Waals surface area (Å²) in [6, 6.07) is 17.6. The molecule has 7 rings (SSSR count). The fourth-order valence-electron chi connectivity index (χ4n) is 8.13. The third kappa shape index (κ3) is 3.24. The van der Waals surface area contributed by atoms with Gasteiger partial charge < -0.3 is 9.80 Å². The lowest BCUT2D eigenvalue weighted by molar-refractivity contribution is -0.274. The average Bonchev–Trinajstić information content (AvgIpc) is 3.27. The van der Waals surface area contributed by atoms with Crippen LogP contribution in [0.15, 0.2) is 48.5 Å². The van der Waals surface area contributed by atoms with Crippen molar-refractivity contribution in [1.82, 2.24) is 4.90 Å². The van der Waals surface area contributed by atoms with E-state index in [1.54, 1.807) is 4.90 Å². The van der Waals surface area contributed by atoms with Gasteiger partial charge in [-0.15, -0.1) is 0 Å². The zero-order chi connectivity index (χ0) is 24.4. The Hall–Kier alpha value is -2.66. The van der Waals surface area contributed by atoms with Crippen molar-refractivity contribution in [2.24, 2.45) is 5.41 Å². The maximum Gasteiger partial charge on any atom is 0.258 e. The molecular formula is C31H37N3O2. The SMILES string of the molecule is CN(C(=O)c1ccc(C2CCCCC2)cc1)c1ccc(N2CCC(N3C4CCC45CCC35)C2=O)cc1. The quantitative estimate of drug-likeness (QED) is 0.544. The zero-order valence-corrected chi connectivity index (χ0v) is 21.4. The standard InChI is InChI=1S/C31H37N3O2/c1-32(29(35)23-9-7-22(8-10-23)21-5-3-2-4-6-21)24-11-13-25(14-12-24)33-20-17-26(30(33)36)34-27-15-18-31(27)19-16-28(31)34/h7-14,21,26-28H,2-6,15-20H2,1H3. The number of carbonyl (C=O) groups excluding carboxylic acids is 2. The number of rotatable bonds is 5. The second kappa shape index (κ2) is 8.44. The van der Waals surface area contributed by atoms with E-state index in [9.17, 15) is 9.59 Å². The Morgan fingerprint density at radius 3 is 2.14 bits per heavy atom. The Balaban J connectivity index is 1.00. The molecule has 188 valence electrons. The Labute approximate surface area is 214 Å². The molecule has 0 bridgehead atoms. The molecule has 5 fully saturated rings. The lowest BCUT2D eigenvalue weighted by atomic mass is 9.42. The highest BCUT2D eigenvalue weighted by Gasteiger charge is 2.72. The van der Waals surface area contributed by atoms with Crippen molar-refractivity contribution in [3.63, 3.8) is 0 Å². The number of likely N-dealkylation sites (tertiary alicyclic amines) is 1. The van der Waals surface area contributed by atoms with Crippen molar-refractivity contribution in [3.8, 4) is 0 Å². The maximum absolute atomic E-state index is 13.4. The van der Waals surface area contributed by atoms with Crippen LogP contribution in [0, 0.1) is 5.41 Å². The molecule has 0 N–H and O–H groups in total. The van der Waals surface area contributed by atoms with Gasteiger partial charge in [-0.3, -0.25) is 14.5 Å². The van der Waals surface area contributed by atoms with Gasteiger partial charge in [-0.05, 0) is 92.8 Å². The van der Waals surface area contributed by atoms with Crippen LogP contribution in [0.1, 0.15) is 86.0 Å². The molecule has 3 unspecified atom stereocenters. The van der Waals surface area contributed by atoms with Crippen molar-refractivity contribution in [3.05, 3.63) is 59.7 Å². The van der Waals surface area contributed by atoms with Gasteiger partial charge in [-0.1, -0.05) is 31.4 Å². The van der Waals surface area contributed by atoms with E-state index in [4.69, 9.17) is 0 Å². The van der Waals surface area contributed by atoms with Crippen LogP contribution < -0.4 is 9.80 Å². The molecule has 3 atom stereocenters. The van der Waals surface area contributed by atoms with Gasteiger partial charge in [0.2, 0.25) is 5.91 Å². The molecule has 2 aromatic rings. The molecule has 2 amide bonds. The fraction of sp³-hybridized carbons (Fsp3) is 0.548. The monoisotopic (exact) mass is 483 g/mol. The van der Waals surface area contributed by atoms with Crippen molar-refractivity contribution in [1.29, 1.82) is 0 Å². The molecule has 5 heteroatoms. The third-order valence-electron chi connectivity index (χ3n) is 10.4. The fourth-order valence-corrected chi connectivity index (χ4v) is 8.13. The zero-order valence-electron chi connectivity index (χ0n) is 21.4. The smallest absolute Gasteiger partial charge is 0.258 e. The topological polar surface area (TPSA) is 43.9 Å². The molecule has 2 heterocycles. The normalized spacial score (nSPS) is 31.6. The number of carbonyl (C=O) groups is 2. The highest BCUT2D eigenvalue weighted by Crippen LogP contribution is 2.69. The summed E-state index contributed by atoms with van der Waals surface area (Å²) in [7, 11) is 1.83. The number of hydrogen-bond acceptors (Lipinski definition) is 3. The van der Waals surface area contributed by atoms with E-state index >= 15 is 0 Å². The van der Waals surface area contributed by atoms with Crippen LogP contribution in [0.5, 0.6) is 0 Å². The van der Waals surface area contributed by atoms with E-state index in [1.165, 1.54) is 63.4 Å². The average molecular weight is 484 g/mol. The van der Waals surface area contributed by atoms with Crippen molar-refractivity contribution < 1.29 is 9.59 Å². The molecular weight excluding hydrogens is 446 g/mol. The molecule has 2 aliphatic heterocycles. The molecule has 3 aliphatic carbocycles. The van der Waals surface area contributed by atoms with Gasteiger partial charge in [-0.25, -0.2) is 0 Å². The van der Waals surface area contributed by atoms with Gasteiger partial charge in [0.25, 0.3) is 5.91 Å². The number of nitrogens with zero attached hydrogens (tertiary/aromatic N) is 3. The number of piperidine rings is 2. The highest BCUT2D eigenvalue weighted by atomic mass is 16.2. The molecule has 1 spiro atoms. The summed E-state index contributed by atoms with van der Waals surface area (Å²) in [6.45, 7) is 0.786. The first kappa shape index (κ1) is 22.5. The summed E-state index contributed by atoms with van der Waals surface area (Å²) in [5.41, 5.74) is 4.47. The second-order valence-corrected chi connectivity index (χ2v) is 11.9. The van der Waals surface area contributed by atoms with Gasteiger partial charge in [0, 0.05) is 48.0 Å². The molecule has 0 radical (unpaired) electrons. The van der Waals surface area contributed by atoms with E-state index in [-0.39, 0.29) is 17.9 Å². The van der Waals surface area contributed by atoms with E-state index in [2.05, 4.69) is 17.0 Å². The summed E-state index contributed by atoms with van der Waals surface area (Å²) < 4.78 is 0. The van der Waals surface area contributed by atoms with Crippen LogP contribution in [0.25, 0.3) is 0 Å². The maximum atomic E-state index is 13.4. The molecule has 5 aliphatic rings. The van der Waals surface area contributed by atoms with Gasteiger partial charge in [-0.2, -0.15) is 0 Å². The number of hydrogen-bond donors (Lipinski definition) is 0. The summed E-state index contributed by atoms with van der Waals surface area (Å²) in [5.74, 6) is 0.905. The van der Waals surface area contributed by atoms with Crippen molar-refractivity contribution in [2.45, 2.75) is 88.3 Å². The number of anilines is 2. The van der Waals surface area contributed by atoms with Crippen molar-refractivity contribution >= 4 is 23.2 Å².